The van der Waals surface area contributed by atoms with Crippen LogP contribution in [0.5, 0.6) is 0 Å². The summed E-state index contributed by atoms with van der Waals surface area (Å²) in [7, 11) is 0. The van der Waals surface area contributed by atoms with Crippen molar-refractivity contribution < 1.29 is 4.39 Å². The van der Waals surface area contributed by atoms with Gasteiger partial charge in [-0.25, -0.2) is 9.37 Å². The molecule has 0 amide bonds. The molecule has 0 aliphatic carbocycles. The number of rotatable bonds is 7. The minimum absolute atomic E-state index is 0.291. The van der Waals surface area contributed by atoms with Gasteiger partial charge in [0.1, 0.15) is 11.6 Å². The number of nitrogens with zero attached hydrogens (tertiary/aromatic N) is 2. The van der Waals surface area contributed by atoms with E-state index < -0.39 is 0 Å². The van der Waals surface area contributed by atoms with Crippen LogP contribution in [0.15, 0.2) is 12.3 Å². The van der Waals surface area contributed by atoms with Crippen LogP contribution in [-0.2, 0) is 5.88 Å². The van der Waals surface area contributed by atoms with Gasteiger partial charge in [0, 0.05) is 18.2 Å². The van der Waals surface area contributed by atoms with Crippen molar-refractivity contribution >= 4 is 17.4 Å². The Morgan fingerprint density at radius 2 is 2.17 bits per heavy atom. The molecule has 18 heavy (non-hydrogen) atoms. The van der Waals surface area contributed by atoms with Gasteiger partial charge in [-0.05, 0) is 25.8 Å². The highest BCUT2D eigenvalue weighted by molar-refractivity contribution is 6.17. The molecule has 1 heterocycles. The molecule has 0 radical (unpaired) electrons. The van der Waals surface area contributed by atoms with Gasteiger partial charge >= 0.3 is 0 Å². The van der Waals surface area contributed by atoms with Crippen molar-refractivity contribution in [1.82, 2.24) is 4.98 Å². The van der Waals surface area contributed by atoms with Crippen molar-refractivity contribution in [3.05, 3.63) is 23.6 Å². The summed E-state index contributed by atoms with van der Waals surface area (Å²) >= 11 is 5.90. The molecule has 0 fully saturated rings. The van der Waals surface area contributed by atoms with E-state index >= 15 is 0 Å². The lowest BCUT2D eigenvalue weighted by atomic mass is 10.1. The second-order valence-electron chi connectivity index (χ2n) is 4.57. The van der Waals surface area contributed by atoms with Crippen LogP contribution in [0, 0.1) is 5.82 Å². The van der Waals surface area contributed by atoms with Crippen LogP contribution in [0.1, 0.15) is 45.6 Å². The van der Waals surface area contributed by atoms with Gasteiger partial charge in [-0.2, -0.15) is 0 Å². The maximum absolute atomic E-state index is 13.2. The standard InChI is InChI=1S/C14H22ClFN2/c1-4-6-7-18(11(3)5-2)14-12(9-15)8-13(16)10-17-14/h8,10-11H,4-7,9H2,1-3H3. The lowest BCUT2D eigenvalue weighted by Crippen LogP contribution is -2.35. The van der Waals surface area contributed by atoms with Gasteiger partial charge < -0.3 is 4.90 Å². The molecule has 0 aliphatic rings. The van der Waals surface area contributed by atoms with Crippen LogP contribution in [-0.4, -0.2) is 17.6 Å². The molecule has 102 valence electrons. The fraction of sp³-hybridized carbons (Fsp3) is 0.643. The molecule has 4 heteroatoms. The molecule has 1 aromatic heterocycles. The molecule has 0 bridgehead atoms. The Labute approximate surface area is 114 Å². The highest BCUT2D eigenvalue weighted by atomic mass is 35.5. The molecule has 0 saturated carbocycles. The fourth-order valence-electron chi connectivity index (χ4n) is 1.91. The lowest BCUT2D eigenvalue weighted by molar-refractivity contribution is 0.581. The van der Waals surface area contributed by atoms with E-state index in [-0.39, 0.29) is 5.82 Å². The first-order valence-electron chi connectivity index (χ1n) is 6.61. The Kier molecular flexibility index (Phi) is 6.41. The molecule has 0 aliphatic heterocycles. The molecule has 0 aromatic carbocycles. The Morgan fingerprint density at radius 1 is 1.44 bits per heavy atom. The molecule has 1 rings (SSSR count). The first-order valence-corrected chi connectivity index (χ1v) is 7.14. The average Bonchev–Trinajstić information content (AvgIpc) is 2.39. The summed E-state index contributed by atoms with van der Waals surface area (Å²) in [5, 5.41) is 0. The molecule has 1 atom stereocenters. The molecule has 1 aromatic rings. The number of alkyl halides is 1. The highest BCUT2D eigenvalue weighted by Crippen LogP contribution is 2.23. The summed E-state index contributed by atoms with van der Waals surface area (Å²) in [6.07, 6.45) is 4.53. The molecule has 2 nitrogen and oxygen atoms in total. The normalized spacial score (nSPS) is 12.5. The van der Waals surface area contributed by atoms with Gasteiger partial charge in [-0.3, -0.25) is 0 Å². The molecule has 0 N–H and O–H groups in total. The number of anilines is 1. The van der Waals surface area contributed by atoms with Crippen LogP contribution in [0.2, 0.25) is 0 Å². The minimum Gasteiger partial charge on any atom is -0.354 e. The predicted molar refractivity (Wildman–Crippen MR) is 75.8 cm³/mol. The van der Waals surface area contributed by atoms with Crippen LogP contribution in [0.25, 0.3) is 0 Å². The van der Waals surface area contributed by atoms with E-state index in [0.717, 1.165) is 37.2 Å². The topological polar surface area (TPSA) is 16.1 Å². The number of hydrogen-bond donors (Lipinski definition) is 0. The average molecular weight is 273 g/mol. The third kappa shape index (κ3) is 3.84. The summed E-state index contributed by atoms with van der Waals surface area (Å²) in [4.78, 5) is 6.47. The van der Waals surface area contributed by atoms with E-state index in [1.807, 2.05) is 0 Å². The summed E-state index contributed by atoms with van der Waals surface area (Å²) in [6, 6.07) is 1.87. The first-order chi connectivity index (χ1) is 8.63. The van der Waals surface area contributed by atoms with Gasteiger partial charge in [0.25, 0.3) is 0 Å². The van der Waals surface area contributed by atoms with E-state index in [4.69, 9.17) is 11.6 Å². The third-order valence-corrected chi connectivity index (χ3v) is 3.49. The van der Waals surface area contributed by atoms with E-state index in [1.54, 1.807) is 0 Å². The number of unbranched alkanes of at least 4 members (excludes halogenated alkanes) is 1. The van der Waals surface area contributed by atoms with Crippen molar-refractivity contribution in [1.29, 1.82) is 0 Å². The van der Waals surface area contributed by atoms with Crippen molar-refractivity contribution in [2.45, 2.75) is 52.0 Å². The summed E-state index contributed by atoms with van der Waals surface area (Å²) in [5.41, 5.74) is 0.771. The van der Waals surface area contributed by atoms with Crippen molar-refractivity contribution in [2.75, 3.05) is 11.4 Å². The maximum atomic E-state index is 13.2. The van der Waals surface area contributed by atoms with Crippen molar-refractivity contribution in [2.24, 2.45) is 0 Å². The highest BCUT2D eigenvalue weighted by Gasteiger charge is 2.17. The monoisotopic (exact) mass is 272 g/mol. The zero-order valence-corrected chi connectivity index (χ0v) is 12.2. The minimum atomic E-state index is -0.325. The predicted octanol–water partition coefficient (Wildman–Crippen LogP) is 4.36. The van der Waals surface area contributed by atoms with Gasteiger partial charge in [-0.1, -0.05) is 20.3 Å². The zero-order chi connectivity index (χ0) is 13.5. The van der Waals surface area contributed by atoms with Gasteiger partial charge in [-0.15, -0.1) is 11.6 Å². The molecule has 1 unspecified atom stereocenters. The molecule has 0 spiro atoms. The smallest absolute Gasteiger partial charge is 0.141 e. The summed E-state index contributed by atoms with van der Waals surface area (Å²) < 4.78 is 13.2. The van der Waals surface area contributed by atoms with Crippen LogP contribution >= 0.6 is 11.6 Å². The number of halogens is 2. The Hall–Kier alpha value is -0.830. The van der Waals surface area contributed by atoms with Crippen molar-refractivity contribution in [3.63, 3.8) is 0 Å². The van der Waals surface area contributed by atoms with E-state index in [1.165, 1.54) is 12.3 Å². The molecular weight excluding hydrogens is 251 g/mol. The fourth-order valence-corrected chi connectivity index (χ4v) is 2.11. The molecular formula is C14H22ClFN2. The Morgan fingerprint density at radius 3 is 2.72 bits per heavy atom. The number of pyridine rings is 1. The largest absolute Gasteiger partial charge is 0.354 e. The third-order valence-electron chi connectivity index (χ3n) is 3.20. The van der Waals surface area contributed by atoms with E-state index in [2.05, 4.69) is 30.7 Å². The number of aromatic nitrogens is 1. The van der Waals surface area contributed by atoms with E-state index in [0.29, 0.717) is 11.9 Å². The second-order valence-corrected chi connectivity index (χ2v) is 4.84. The van der Waals surface area contributed by atoms with Crippen LogP contribution in [0.3, 0.4) is 0 Å². The lowest BCUT2D eigenvalue weighted by Gasteiger charge is -2.31. The summed E-state index contributed by atoms with van der Waals surface area (Å²) in [5.74, 6) is 0.794. The zero-order valence-electron chi connectivity index (χ0n) is 11.4. The first kappa shape index (κ1) is 15.2. The summed E-state index contributed by atoms with van der Waals surface area (Å²) in [6.45, 7) is 7.41. The van der Waals surface area contributed by atoms with Crippen LogP contribution in [0.4, 0.5) is 10.2 Å². The second kappa shape index (κ2) is 7.57. The Bertz CT molecular complexity index is 371. The SMILES string of the molecule is CCCCN(c1ncc(F)cc1CCl)C(C)CC. The van der Waals surface area contributed by atoms with Gasteiger partial charge in [0.05, 0.1) is 12.1 Å². The van der Waals surface area contributed by atoms with Gasteiger partial charge in [0.15, 0.2) is 0 Å². The van der Waals surface area contributed by atoms with Crippen LogP contribution < -0.4 is 4.90 Å². The quantitative estimate of drug-likeness (QED) is 0.686. The van der Waals surface area contributed by atoms with E-state index in [9.17, 15) is 4.39 Å². The number of hydrogen-bond acceptors (Lipinski definition) is 2. The molecule has 0 saturated heterocycles. The van der Waals surface area contributed by atoms with Crippen molar-refractivity contribution in [3.8, 4) is 0 Å². The van der Waals surface area contributed by atoms with Gasteiger partial charge in [0.2, 0.25) is 0 Å². The Balaban J connectivity index is 3.03. The maximum Gasteiger partial charge on any atom is 0.141 e.